The third-order valence-corrected chi connectivity index (χ3v) is 4.54. The molecule has 7 nitrogen and oxygen atoms in total. The third kappa shape index (κ3) is 1.94. The summed E-state index contributed by atoms with van der Waals surface area (Å²) in [5, 5.41) is 4.29. The minimum Gasteiger partial charge on any atom is -0.322 e. The van der Waals surface area contributed by atoms with Gasteiger partial charge in [-0.2, -0.15) is 13.1 Å². The van der Waals surface area contributed by atoms with Gasteiger partial charge in [-0.25, -0.2) is 13.2 Å². The Morgan fingerprint density at radius 1 is 1.33 bits per heavy atom. The topological polar surface area (TPSA) is 95.6 Å². The van der Waals surface area contributed by atoms with Crippen molar-refractivity contribution in [2.24, 2.45) is 0 Å². The number of piperidine rings is 1. The maximum absolute atomic E-state index is 12.4. The molecule has 2 aliphatic rings. The molecule has 0 aliphatic carbocycles. The molecule has 0 aromatic heterocycles. The first-order chi connectivity index (χ1) is 8.28. The molecule has 18 heavy (non-hydrogen) atoms. The number of nitrogens with zero attached hydrogens (tertiary/aromatic N) is 1. The summed E-state index contributed by atoms with van der Waals surface area (Å²) in [6.07, 6.45) is 0.444. The summed E-state index contributed by atoms with van der Waals surface area (Å²) in [5.41, 5.74) is -1.42. The van der Waals surface area contributed by atoms with Crippen LogP contribution in [0.5, 0.6) is 0 Å². The van der Waals surface area contributed by atoms with Crippen LogP contribution >= 0.6 is 0 Å². The Morgan fingerprint density at radius 3 is 2.50 bits per heavy atom. The van der Waals surface area contributed by atoms with Crippen molar-refractivity contribution in [2.75, 3.05) is 13.1 Å². The zero-order chi connectivity index (χ0) is 13.6. The Labute approximate surface area is 102 Å². The molecule has 3 amide bonds. The highest BCUT2D eigenvalue weighted by atomic mass is 32.2. The van der Waals surface area contributed by atoms with E-state index in [0.29, 0.717) is 4.31 Å². The van der Waals surface area contributed by atoms with E-state index in [1.54, 1.807) is 0 Å². The lowest BCUT2D eigenvalue weighted by molar-refractivity contribution is -0.125. The van der Waals surface area contributed by atoms with Crippen molar-refractivity contribution < 1.29 is 26.8 Å². The molecule has 1 unspecified atom stereocenters. The van der Waals surface area contributed by atoms with Gasteiger partial charge in [-0.1, -0.05) is 0 Å². The summed E-state index contributed by atoms with van der Waals surface area (Å²) in [6.45, 7) is -0.547. The van der Waals surface area contributed by atoms with Crippen LogP contribution in [0.4, 0.5) is 13.6 Å². The predicted molar refractivity (Wildman–Crippen MR) is 55.1 cm³/mol. The summed E-state index contributed by atoms with van der Waals surface area (Å²) in [4.78, 5) is 22.7. The van der Waals surface area contributed by atoms with Gasteiger partial charge in [-0.3, -0.25) is 10.1 Å². The van der Waals surface area contributed by atoms with Crippen LogP contribution in [0.15, 0.2) is 0 Å². The molecule has 0 radical (unpaired) electrons. The number of carbonyl (C=O) groups excluding carboxylic acids is 2. The molecule has 2 fully saturated rings. The van der Waals surface area contributed by atoms with Gasteiger partial charge >= 0.3 is 11.8 Å². The van der Waals surface area contributed by atoms with Gasteiger partial charge in [-0.15, -0.1) is 0 Å². The van der Waals surface area contributed by atoms with E-state index in [0.717, 1.165) is 0 Å². The van der Waals surface area contributed by atoms with Gasteiger partial charge in [-0.05, 0) is 12.8 Å². The number of amides is 3. The number of halogens is 2. The van der Waals surface area contributed by atoms with Crippen molar-refractivity contribution in [1.29, 1.82) is 0 Å². The van der Waals surface area contributed by atoms with E-state index in [-0.39, 0.29) is 19.4 Å². The molecule has 10 heteroatoms. The Hall–Kier alpha value is -1.29. The van der Waals surface area contributed by atoms with Crippen molar-refractivity contribution in [3.63, 3.8) is 0 Å². The maximum atomic E-state index is 12.4. The summed E-state index contributed by atoms with van der Waals surface area (Å²) in [6, 6.07) is -0.740. The molecule has 2 rings (SSSR count). The molecule has 2 saturated heterocycles. The Bertz CT molecular complexity index is 495. The zero-order valence-corrected chi connectivity index (χ0v) is 9.97. The van der Waals surface area contributed by atoms with Gasteiger partial charge in [0.1, 0.15) is 5.54 Å². The second kappa shape index (κ2) is 4.12. The average molecular weight is 283 g/mol. The molecule has 0 aromatic rings. The number of imide groups is 1. The van der Waals surface area contributed by atoms with E-state index < -0.39 is 39.8 Å². The normalized spacial score (nSPS) is 29.7. The molecule has 1 spiro atoms. The van der Waals surface area contributed by atoms with Crippen LogP contribution in [0.25, 0.3) is 0 Å². The molecule has 1 atom stereocenters. The molecule has 0 saturated carbocycles. The summed E-state index contributed by atoms with van der Waals surface area (Å²) in [5.74, 6) is -4.21. The van der Waals surface area contributed by atoms with Gasteiger partial charge in [0.05, 0.1) is 0 Å². The number of sulfonamides is 1. The summed E-state index contributed by atoms with van der Waals surface area (Å²) >= 11 is 0. The van der Waals surface area contributed by atoms with Crippen LogP contribution in [0, 0.1) is 0 Å². The lowest BCUT2D eigenvalue weighted by Gasteiger charge is -2.36. The van der Waals surface area contributed by atoms with E-state index in [1.165, 1.54) is 0 Å². The first-order valence-electron chi connectivity index (χ1n) is 5.19. The molecule has 2 heterocycles. The standard InChI is InChI=1S/C8H11F2N3O4S/c9-6(10)18(16,17)13-3-1-2-8(4-13)5(14)11-7(15)12-8/h6H,1-4H2,(H2,11,12,14,15). The number of rotatable bonds is 2. The first kappa shape index (κ1) is 13.1. The van der Waals surface area contributed by atoms with E-state index in [2.05, 4.69) is 5.32 Å². The minimum atomic E-state index is -4.74. The van der Waals surface area contributed by atoms with Gasteiger partial charge in [0.2, 0.25) is 0 Å². The van der Waals surface area contributed by atoms with Crippen LogP contribution in [-0.2, 0) is 14.8 Å². The van der Waals surface area contributed by atoms with Gasteiger partial charge in [0.15, 0.2) is 0 Å². The van der Waals surface area contributed by atoms with Crippen LogP contribution in [0.3, 0.4) is 0 Å². The van der Waals surface area contributed by atoms with Crippen LogP contribution in [-0.4, -0.2) is 49.0 Å². The fourth-order valence-electron chi connectivity index (χ4n) is 2.16. The first-order valence-corrected chi connectivity index (χ1v) is 6.69. The Morgan fingerprint density at radius 2 is 2.00 bits per heavy atom. The minimum absolute atomic E-state index is 0.0857. The molecule has 102 valence electrons. The zero-order valence-electron chi connectivity index (χ0n) is 9.15. The van der Waals surface area contributed by atoms with Crippen LogP contribution < -0.4 is 10.6 Å². The summed E-state index contributed by atoms with van der Waals surface area (Å²) in [7, 11) is -4.74. The maximum Gasteiger partial charge on any atom is 0.350 e. The molecule has 2 N–H and O–H groups in total. The molecule has 0 aromatic carbocycles. The quantitative estimate of drug-likeness (QED) is 0.649. The van der Waals surface area contributed by atoms with Gasteiger partial charge in [0.25, 0.3) is 15.9 Å². The lowest BCUT2D eigenvalue weighted by atomic mass is 9.90. The number of nitrogens with one attached hydrogen (secondary N) is 2. The molecular weight excluding hydrogens is 272 g/mol. The second-order valence-corrected chi connectivity index (χ2v) is 6.14. The number of hydrogen-bond acceptors (Lipinski definition) is 4. The highest BCUT2D eigenvalue weighted by Gasteiger charge is 2.51. The van der Waals surface area contributed by atoms with Gasteiger partial charge < -0.3 is 5.32 Å². The van der Waals surface area contributed by atoms with Crippen molar-refractivity contribution in [1.82, 2.24) is 14.9 Å². The van der Waals surface area contributed by atoms with Crippen molar-refractivity contribution >= 4 is 22.0 Å². The molecular formula is C8H11F2N3O4S. The van der Waals surface area contributed by atoms with Crippen molar-refractivity contribution in [2.45, 2.75) is 24.1 Å². The largest absolute Gasteiger partial charge is 0.350 e. The molecule has 0 bridgehead atoms. The van der Waals surface area contributed by atoms with Crippen LogP contribution in [0.2, 0.25) is 0 Å². The summed E-state index contributed by atoms with van der Waals surface area (Å²) < 4.78 is 48.1. The number of carbonyl (C=O) groups is 2. The highest BCUT2D eigenvalue weighted by molar-refractivity contribution is 7.89. The number of hydrogen-bond donors (Lipinski definition) is 2. The predicted octanol–water partition coefficient (Wildman–Crippen LogP) is -0.787. The van der Waals surface area contributed by atoms with E-state index in [1.807, 2.05) is 5.32 Å². The smallest absolute Gasteiger partial charge is 0.322 e. The van der Waals surface area contributed by atoms with E-state index >= 15 is 0 Å². The Kier molecular flexibility index (Phi) is 3.01. The molecule has 2 aliphatic heterocycles. The number of alkyl halides is 2. The highest BCUT2D eigenvalue weighted by Crippen LogP contribution is 2.27. The second-order valence-electron chi connectivity index (χ2n) is 4.23. The van der Waals surface area contributed by atoms with Gasteiger partial charge in [0, 0.05) is 13.1 Å². The Balaban J connectivity index is 2.25. The fourth-order valence-corrected chi connectivity index (χ4v) is 3.17. The lowest BCUT2D eigenvalue weighted by Crippen LogP contribution is -2.60. The van der Waals surface area contributed by atoms with Crippen LogP contribution in [0.1, 0.15) is 12.8 Å². The van der Waals surface area contributed by atoms with E-state index in [9.17, 15) is 26.8 Å². The van der Waals surface area contributed by atoms with Crippen molar-refractivity contribution in [3.05, 3.63) is 0 Å². The average Bonchev–Trinajstić information content (AvgIpc) is 2.53. The number of urea groups is 1. The monoisotopic (exact) mass is 283 g/mol. The van der Waals surface area contributed by atoms with E-state index in [4.69, 9.17) is 0 Å². The fraction of sp³-hybridized carbons (Fsp3) is 0.750. The third-order valence-electron chi connectivity index (χ3n) is 3.06. The van der Waals surface area contributed by atoms with Crippen molar-refractivity contribution in [3.8, 4) is 0 Å². The SMILES string of the molecule is O=C1NC(=O)C2(CCCN(S(=O)(=O)C(F)F)C2)N1.